The van der Waals surface area contributed by atoms with Crippen LogP contribution in [0.2, 0.25) is 0 Å². The zero-order chi connectivity index (χ0) is 9.83. The first-order valence-electron chi connectivity index (χ1n) is 4.58. The largest absolute Gasteiger partial charge is 0.375 e. The third-order valence-electron chi connectivity index (χ3n) is 2.13. The van der Waals surface area contributed by atoms with Gasteiger partial charge in [-0.1, -0.05) is 20.8 Å². The van der Waals surface area contributed by atoms with E-state index in [4.69, 9.17) is 4.74 Å². The third kappa shape index (κ3) is 5.04. The van der Waals surface area contributed by atoms with E-state index in [1.54, 1.807) is 0 Å². The fourth-order valence-corrected chi connectivity index (χ4v) is 0.630. The molecule has 0 saturated heterocycles. The van der Waals surface area contributed by atoms with Gasteiger partial charge in [0.1, 0.15) is 0 Å². The Morgan fingerprint density at radius 2 is 1.67 bits per heavy atom. The van der Waals surface area contributed by atoms with E-state index in [0.717, 1.165) is 18.8 Å². The van der Waals surface area contributed by atoms with Crippen LogP contribution in [-0.4, -0.2) is 18.0 Å². The van der Waals surface area contributed by atoms with E-state index in [0.29, 0.717) is 0 Å². The molecule has 0 aromatic rings. The van der Waals surface area contributed by atoms with Gasteiger partial charge in [0.2, 0.25) is 0 Å². The summed E-state index contributed by atoms with van der Waals surface area (Å²) in [4.78, 5) is 0. The van der Waals surface area contributed by atoms with Crippen LogP contribution in [0.1, 0.15) is 41.0 Å². The lowest BCUT2D eigenvalue weighted by Crippen LogP contribution is -2.31. The van der Waals surface area contributed by atoms with Crippen LogP contribution in [0.15, 0.2) is 0 Å². The third-order valence-corrected chi connectivity index (χ3v) is 2.99. The maximum atomic E-state index is 5.79. The first-order chi connectivity index (χ1) is 5.33. The molecule has 0 fully saturated rings. The second-order valence-corrected chi connectivity index (χ2v) is 5.04. The van der Waals surface area contributed by atoms with E-state index in [-0.39, 0.29) is 11.0 Å². The van der Waals surface area contributed by atoms with E-state index in [1.165, 1.54) is 0 Å². The van der Waals surface area contributed by atoms with Gasteiger partial charge < -0.3 is 4.74 Å². The van der Waals surface area contributed by atoms with Gasteiger partial charge in [-0.05, 0) is 31.4 Å². The summed E-state index contributed by atoms with van der Waals surface area (Å²) in [5.74, 6) is 0.868. The summed E-state index contributed by atoms with van der Waals surface area (Å²) < 4.78 is 5.79. The lowest BCUT2D eigenvalue weighted by Gasteiger charge is -2.30. The molecule has 0 aliphatic carbocycles. The van der Waals surface area contributed by atoms with Crippen LogP contribution in [0.3, 0.4) is 0 Å². The number of thiol groups is 1. The Bertz CT molecular complexity index is 114. The minimum Gasteiger partial charge on any atom is -0.375 e. The fraction of sp³-hybridized carbons (Fsp3) is 1.00. The van der Waals surface area contributed by atoms with Crippen molar-refractivity contribution in [3.8, 4) is 0 Å². The lowest BCUT2D eigenvalue weighted by molar-refractivity contribution is -0.0512. The summed E-state index contributed by atoms with van der Waals surface area (Å²) in [6, 6.07) is 0. The molecule has 0 aliphatic heterocycles. The van der Waals surface area contributed by atoms with E-state index >= 15 is 0 Å². The Kier molecular flexibility index (Phi) is 4.64. The molecule has 0 aromatic heterocycles. The Morgan fingerprint density at radius 3 is 2.00 bits per heavy atom. The molecule has 0 radical (unpaired) electrons. The van der Waals surface area contributed by atoms with E-state index in [9.17, 15) is 0 Å². The molecule has 0 rings (SSSR count). The molecule has 0 heterocycles. The summed E-state index contributed by atoms with van der Waals surface area (Å²) >= 11 is 4.28. The van der Waals surface area contributed by atoms with Gasteiger partial charge in [-0.15, -0.1) is 0 Å². The second kappa shape index (κ2) is 4.52. The minimum atomic E-state index is 0.0141. The van der Waals surface area contributed by atoms with Crippen molar-refractivity contribution < 1.29 is 4.74 Å². The molecule has 2 heteroatoms. The van der Waals surface area contributed by atoms with Gasteiger partial charge in [0.15, 0.2) is 0 Å². The molecule has 0 aliphatic rings. The van der Waals surface area contributed by atoms with Crippen molar-refractivity contribution in [2.45, 2.75) is 46.6 Å². The molecule has 0 N–H and O–H groups in total. The van der Waals surface area contributed by atoms with Crippen LogP contribution in [0, 0.1) is 5.41 Å². The Hall–Kier alpha value is 0.310. The van der Waals surface area contributed by atoms with Gasteiger partial charge in [-0.3, -0.25) is 0 Å². The zero-order valence-corrected chi connectivity index (χ0v) is 9.87. The van der Waals surface area contributed by atoms with Gasteiger partial charge >= 0.3 is 0 Å². The SMILES string of the molecule is CCC(C)(C)OCC(C)(C)CS. The molecular weight excluding hydrogens is 168 g/mol. The standard InChI is InChI=1S/C10H22OS/c1-6-10(4,5)11-7-9(2,3)8-12/h12H,6-8H2,1-5H3. The van der Waals surface area contributed by atoms with Crippen molar-refractivity contribution in [1.82, 2.24) is 0 Å². The normalized spacial score (nSPS) is 13.5. The highest BCUT2D eigenvalue weighted by atomic mass is 32.1. The fourth-order valence-electron chi connectivity index (χ4n) is 0.538. The van der Waals surface area contributed by atoms with Crippen LogP contribution in [0.5, 0.6) is 0 Å². The monoisotopic (exact) mass is 190 g/mol. The lowest BCUT2D eigenvalue weighted by atomic mass is 9.97. The average molecular weight is 190 g/mol. The Balaban J connectivity index is 3.82. The molecule has 1 nitrogen and oxygen atoms in total. The number of rotatable bonds is 5. The molecule has 12 heavy (non-hydrogen) atoms. The van der Waals surface area contributed by atoms with Crippen molar-refractivity contribution >= 4 is 12.6 Å². The maximum Gasteiger partial charge on any atom is 0.0624 e. The summed E-state index contributed by atoms with van der Waals surface area (Å²) in [7, 11) is 0. The van der Waals surface area contributed by atoms with Crippen molar-refractivity contribution in [3.05, 3.63) is 0 Å². The number of ether oxygens (including phenoxy) is 1. The Morgan fingerprint density at radius 1 is 1.17 bits per heavy atom. The highest BCUT2D eigenvalue weighted by Gasteiger charge is 2.22. The molecule has 0 atom stereocenters. The van der Waals surface area contributed by atoms with Gasteiger partial charge in [0.25, 0.3) is 0 Å². The summed E-state index contributed by atoms with van der Waals surface area (Å²) in [6.45, 7) is 11.5. The number of hydrogen-bond donors (Lipinski definition) is 1. The molecule has 0 aromatic carbocycles. The summed E-state index contributed by atoms with van der Waals surface area (Å²) in [5.41, 5.74) is 0.204. The zero-order valence-electron chi connectivity index (χ0n) is 8.98. The van der Waals surface area contributed by atoms with E-state index in [2.05, 4.69) is 47.2 Å². The quantitative estimate of drug-likeness (QED) is 0.655. The topological polar surface area (TPSA) is 9.23 Å². The van der Waals surface area contributed by atoms with Crippen molar-refractivity contribution in [3.63, 3.8) is 0 Å². The van der Waals surface area contributed by atoms with Crippen molar-refractivity contribution in [2.24, 2.45) is 5.41 Å². The molecule has 0 unspecified atom stereocenters. The first-order valence-corrected chi connectivity index (χ1v) is 5.21. The molecule has 74 valence electrons. The Labute approximate surface area is 82.3 Å². The second-order valence-electron chi connectivity index (χ2n) is 4.72. The van der Waals surface area contributed by atoms with Crippen LogP contribution in [-0.2, 0) is 4.74 Å². The minimum absolute atomic E-state index is 0.0141. The van der Waals surface area contributed by atoms with Crippen molar-refractivity contribution in [1.29, 1.82) is 0 Å². The van der Waals surface area contributed by atoms with Gasteiger partial charge in [0.05, 0.1) is 12.2 Å². The van der Waals surface area contributed by atoms with Crippen molar-refractivity contribution in [2.75, 3.05) is 12.4 Å². The van der Waals surface area contributed by atoms with Crippen LogP contribution in [0.4, 0.5) is 0 Å². The first kappa shape index (κ1) is 12.3. The molecular formula is C10H22OS. The van der Waals surface area contributed by atoms with E-state index in [1.807, 2.05) is 0 Å². The molecule has 0 saturated carbocycles. The van der Waals surface area contributed by atoms with Gasteiger partial charge in [-0.2, -0.15) is 12.6 Å². The van der Waals surface area contributed by atoms with Crippen LogP contribution < -0.4 is 0 Å². The van der Waals surface area contributed by atoms with Crippen LogP contribution >= 0.6 is 12.6 Å². The van der Waals surface area contributed by atoms with Gasteiger partial charge in [-0.25, -0.2) is 0 Å². The average Bonchev–Trinajstić information content (AvgIpc) is 2.02. The predicted molar refractivity (Wildman–Crippen MR) is 58.0 cm³/mol. The molecule has 0 bridgehead atoms. The smallest absolute Gasteiger partial charge is 0.0624 e. The van der Waals surface area contributed by atoms with Gasteiger partial charge in [0, 0.05) is 0 Å². The van der Waals surface area contributed by atoms with E-state index < -0.39 is 0 Å². The summed E-state index contributed by atoms with van der Waals surface area (Å²) in [6.07, 6.45) is 1.05. The predicted octanol–water partition coefficient (Wildman–Crippen LogP) is 3.15. The van der Waals surface area contributed by atoms with Crippen LogP contribution in [0.25, 0.3) is 0 Å². The molecule has 0 spiro atoms. The molecule has 0 amide bonds. The summed E-state index contributed by atoms with van der Waals surface area (Å²) in [5, 5.41) is 0. The highest BCUT2D eigenvalue weighted by Crippen LogP contribution is 2.22. The maximum absolute atomic E-state index is 5.79. The highest BCUT2D eigenvalue weighted by molar-refractivity contribution is 7.80. The number of hydrogen-bond acceptors (Lipinski definition) is 2.